The lowest BCUT2D eigenvalue weighted by atomic mass is 10.4. The SMILES string of the molecule is C=C(C)C(=O)OC1CSC(C)(C=S)O1. The summed E-state index contributed by atoms with van der Waals surface area (Å²) in [7, 11) is 0. The smallest absolute Gasteiger partial charge is 0.335 e. The molecule has 0 amide bonds. The van der Waals surface area contributed by atoms with E-state index in [9.17, 15) is 4.79 Å². The normalized spacial score (nSPS) is 31.1. The van der Waals surface area contributed by atoms with Gasteiger partial charge in [0.1, 0.15) is 4.93 Å². The first-order chi connectivity index (χ1) is 6.47. The van der Waals surface area contributed by atoms with E-state index in [1.165, 1.54) is 17.1 Å². The van der Waals surface area contributed by atoms with Crippen molar-refractivity contribution >= 4 is 35.3 Å². The van der Waals surface area contributed by atoms with Crippen molar-refractivity contribution in [1.29, 1.82) is 0 Å². The molecule has 1 heterocycles. The molecule has 1 aliphatic rings. The molecule has 1 saturated heterocycles. The van der Waals surface area contributed by atoms with Gasteiger partial charge in [-0.1, -0.05) is 18.8 Å². The molecule has 0 aliphatic carbocycles. The van der Waals surface area contributed by atoms with Crippen molar-refractivity contribution in [3.05, 3.63) is 12.2 Å². The Kier molecular flexibility index (Phi) is 3.69. The van der Waals surface area contributed by atoms with Gasteiger partial charge in [0.05, 0.1) is 5.75 Å². The van der Waals surface area contributed by atoms with Gasteiger partial charge < -0.3 is 9.47 Å². The lowest BCUT2D eigenvalue weighted by Gasteiger charge is -2.17. The Bertz CT molecular complexity index is 277. The van der Waals surface area contributed by atoms with Crippen molar-refractivity contribution in [2.24, 2.45) is 0 Å². The van der Waals surface area contributed by atoms with Gasteiger partial charge >= 0.3 is 5.97 Å². The first kappa shape index (κ1) is 11.7. The molecule has 0 aromatic carbocycles. The molecular weight excluding hydrogens is 220 g/mol. The summed E-state index contributed by atoms with van der Waals surface area (Å²) in [5.74, 6) is 0.173. The first-order valence-electron chi connectivity index (χ1n) is 4.11. The minimum absolute atomic E-state index is 0.370. The topological polar surface area (TPSA) is 35.5 Å². The number of ether oxygens (including phenoxy) is 2. The van der Waals surface area contributed by atoms with Gasteiger partial charge in [-0.15, -0.1) is 11.8 Å². The monoisotopic (exact) mass is 232 g/mol. The number of carbonyl (C=O) groups is 1. The number of thiocarbonyl (C=S) groups is 1. The van der Waals surface area contributed by atoms with Crippen LogP contribution in [0, 0.1) is 0 Å². The number of thioether (sulfide) groups is 1. The summed E-state index contributed by atoms with van der Waals surface area (Å²) >= 11 is 6.33. The van der Waals surface area contributed by atoms with Crippen molar-refractivity contribution in [2.75, 3.05) is 5.75 Å². The van der Waals surface area contributed by atoms with Gasteiger partial charge in [0, 0.05) is 10.9 Å². The number of hydrogen-bond donors (Lipinski definition) is 0. The molecule has 1 fully saturated rings. The highest BCUT2D eigenvalue weighted by molar-refractivity contribution is 8.02. The second-order valence-corrected chi connectivity index (χ2v) is 4.85. The van der Waals surface area contributed by atoms with Gasteiger partial charge in [0.15, 0.2) is 0 Å². The Balaban J connectivity index is 2.47. The molecule has 0 N–H and O–H groups in total. The third kappa shape index (κ3) is 2.80. The predicted octanol–water partition coefficient (Wildman–Crippen LogP) is 1.91. The molecule has 0 saturated carbocycles. The van der Waals surface area contributed by atoms with Crippen molar-refractivity contribution in [3.63, 3.8) is 0 Å². The maximum atomic E-state index is 11.2. The fraction of sp³-hybridized carbons (Fsp3) is 0.556. The maximum Gasteiger partial charge on any atom is 0.335 e. The molecule has 2 unspecified atom stereocenters. The Morgan fingerprint density at radius 1 is 1.86 bits per heavy atom. The van der Waals surface area contributed by atoms with Gasteiger partial charge in [-0.05, 0) is 13.8 Å². The van der Waals surface area contributed by atoms with Crippen LogP contribution in [0.3, 0.4) is 0 Å². The van der Waals surface area contributed by atoms with E-state index < -0.39 is 17.2 Å². The van der Waals surface area contributed by atoms with E-state index in [1.807, 2.05) is 6.92 Å². The van der Waals surface area contributed by atoms with Gasteiger partial charge in [0.25, 0.3) is 0 Å². The highest BCUT2D eigenvalue weighted by Crippen LogP contribution is 2.35. The van der Waals surface area contributed by atoms with Crippen LogP contribution in [0.5, 0.6) is 0 Å². The lowest BCUT2D eigenvalue weighted by molar-refractivity contribution is -0.170. The van der Waals surface area contributed by atoms with Crippen LogP contribution in [0.15, 0.2) is 12.2 Å². The van der Waals surface area contributed by atoms with Gasteiger partial charge in [-0.25, -0.2) is 4.79 Å². The fourth-order valence-corrected chi connectivity index (χ4v) is 2.01. The zero-order valence-corrected chi connectivity index (χ0v) is 9.74. The van der Waals surface area contributed by atoms with Crippen LogP contribution in [0.2, 0.25) is 0 Å². The quantitative estimate of drug-likeness (QED) is 0.422. The zero-order chi connectivity index (χ0) is 10.8. The molecule has 0 spiro atoms. The van der Waals surface area contributed by atoms with E-state index in [1.54, 1.807) is 6.92 Å². The standard InChI is InChI=1S/C9H12O3S2/c1-6(2)8(10)11-7-4-14-9(3,5-13)12-7/h5,7H,1,4H2,2-3H3. The lowest BCUT2D eigenvalue weighted by Crippen LogP contribution is -2.26. The Hall–Kier alpha value is -0.390. The third-order valence-corrected chi connectivity index (χ3v) is 3.50. The van der Waals surface area contributed by atoms with Crippen LogP contribution in [0.1, 0.15) is 13.8 Å². The van der Waals surface area contributed by atoms with Crippen molar-refractivity contribution < 1.29 is 14.3 Å². The van der Waals surface area contributed by atoms with Crippen LogP contribution in [-0.4, -0.2) is 28.3 Å². The van der Waals surface area contributed by atoms with E-state index in [0.29, 0.717) is 11.3 Å². The van der Waals surface area contributed by atoms with E-state index in [4.69, 9.17) is 21.7 Å². The summed E-state index contributed by atoms with van der Waals surface area (Å²) in [6.07, 6.45) is -0.520. The van der Waals surface area contributed by atoms with E-state index >= 15 is 0 Å². The van der Waals surface area contributed by atoms with Crippen LogP contribution in [0.25, 0.3) is 0 Å². The molecule has 0 radical (unpaired) electrons. The summed E-state index contributed by atoms with van der Waals surface area (Å²) < 4.78 is 10.5. The summed E-state index contributed by atoms with van der Waals surface area (Å²) in [6.45, 7) is 6.93. The second kappa shape index (κ2) is 4.42. The number of carbonyl (C=O) groups excluding carboxylic acids is 1. The number of esters is 1. The van der Waals surface area contributed by atoms with Gasteiger partial charge in [-0.2, -0.15) is 0 Å². The second-order valence-electron chi connectivity index (χ2n) is 3.18. The summed E-state index contributed by atoms with van der Waals surface area (Å²) in [6, 6.07) is 0. The van der Waals surface area contributed by atoms with Crippen LogP contribution in [0.4, 0.5) is 0 Å². The summed E-state index contributed by atoms with van der Waals surface area (Å²) in [4.78, 5) is 10.6. The largest absolute Gasteiger partial charge is 0.431 e. The van der Waals surface area contributed by atoms with E-state index in [-0.39, 0.29) is 0 Å². The molecule has 3 nitrogen and oxygen atoms in total. The molecule has 2 atom stereocenters. The minimum Gasteiger partial charge on any atom is -0.431 e. The van der Waals surface area contributed by atoms with Gasteiger partial charge in [-0.3, -0.25) is 0 Å². The molecule has 78 valence electrons. The average Bonchev–Trinajstić information content (AvgIpc) is 2.48. The number of hydrogen-bond acceptors (Lipinski definition) is 5. The van der Waals surface area contributed by atoms with Crippen LogP contribution >= 0.6 is 24.0 Å². The van der Waals surface area contributed by atoms with E-state index in [0.717, 1.165) is 0 Å². The molecular formula is C9H12O3S2. The molecule has 0 aromatic heterocycles. The van der Waals surface area contributed by atoms with Crippen molar-refractivity contribution in [3.8, 4) is 0 Å². The Labute approximate surface area is 92.8 Å². The Morgan fingerprint density at radius 2 is 2.50 bits per heavy atom. The average molecular weight is 232 g/mol. The van der Waals surface area contributed by atoms with Crippen LogP contribution < -0.4 is 0 Å². The zero-order valence-electron chi connectivity index (χ0n) is 8.11. The minimum atomic E-state index is -0.520. The third-order valence-electron chi connectivity index (χ3n) is 1.67. The highest BCUT2D eigenvalue weighted by Gasteiger charge is 2.37. The van der Waals surface area contributed by atoms with E-state index in [2.05, 4.69) is 6.58 Å². The first-order valence-corrected chi connectivity index (χ1v) is 5.57. The highest BCUT2D eigenvalue weighted by atomic mass is 32.2. The summed E-state index contributed by atoms with van der Waals surface area (Å²) in [5.41, 5.74) is 0.370. The summed E-state index contributed by atoms with van der Waals surface area (Å²) in [5, 5.41) is 1.53. The van der Waals surface area contributed by atoms with Crippen LogP contribution in [-0.2, 0) is 14.3 Å². The fourth-order valence-electron chi connectivity index (χ4n) is 0.902. The molecule has 1 rings (SSSR count). The van der Waals surface area contributed by atoms with Crippen molar-refractivity contribution in [2.45, 2.75) is 25.1 Å². The molecule has 0 bridgehead atoms. The van der Waals surface area contributed by atoms with Crippen molar-refractivity contribution in [1.82, 2.24) is 0 Å². The predicted molar refractivity (Wildman–Crippen MR) is 60.3 cm³/mol. The molecule has 0 aromatic rings. The van der Waals surface area contributed by atoms with Gasteiger partial charge in [0.2, 0.25) is 6.29 Å². The Morgan fingerprint density at radius 3 is 2.93 bits per heavy atom. The maximum absolute atomic E-state index is 11.2. The molecule has 1 aliphatic heterocycles. The molecule has 5 heteroatoms. The molecule has 14 heavy (non-hydrogen) atoms. The number of rotatable bonds is 3.